The Labute approximate surface area is 124 Å². The van der Waals surface area contributed by atoms with Crippen LogP contribution in [0, 0.1) is 0 Å². The lowest BCUT2D eigenvalue weighted by Gasteiger charge is -2.39. The van der Waals surface area contributed by atoms with Crippen molar-refractivity contribution in [3.8, 4) is 0 Å². The molecule has 1 aromatic carbocycles. The highest BCUT2D eigenvalue weighted by Gasteiger charge is 2.33. The molecule has 3 nitrogen and oxygen atoms in total. The Kier molecular flexibility index (Phi) is 4.43. The molecule has 1 atom stereocenters. The summed E-state index contributed by atoms with van der Waals surface area (Å²) in [5.41, 5.74) is 0.244. The molecule has 0 bridgehead atoms. The van der Waals surface area contributed by atoms with Crippen molar-refractivity contribution in [3.05, 3.63) is 28.8 Å². The van der Waals surface area contributed by atoms with Crippen LogP contribution in [0.5, 0.6) is 0 Å². The number of hydrogen-bond acceptors (Lipinski definition) is 3. The number of ether oxygens (including phenoxy) is 1. The van der Waals surface area contributed by atoms with Crippen LogP contribution in [0.1, 0.15) is 30.1 Å². The summed E-state index contributed by atoms with van der Waals surface area (Å²) >= 11 is 10.4. The van der Waals surface area contributed by atoms with E-state index in [2.05, 4.69) is 12.6 Å². The van der Waals surface area contributed by atoms with Crippen LogP contribution in [0.25, 0.3) is 0 Å². The van der Waals surface area contributed by atoms with Crippen LogP contribution >= 0.6 is 24.2 Å². The van der Waals surface area contributed by atoms with E-state index in [0.717, 1.165) is 24.3 Å². The maximum atomic E-state index is 12.5. The minimum atomic E-state index is -0.265. The minimum absolute atomic E-state index is 0.0520. The average molecular weight is 300 g/mol. The number of amides is 1. The van der Waals surface area contributed by atoms with Crippen LogP contribution in [0.4, 0.5) is 0 Å². The summed E-state index contributed by atoms with van der Waals surface area (Å²) in [6.07, 6.45) is 1.90. The van der Waals surface area contributed by atoms with Gasteiger partial charge < -0.3 is 9.64 Å². The Bertz CT molecular complexity index is 494. The normalized spacial score (nSPS) is 23.5. The van der Waals surface area contributed by atoms with E-state index in [1.54, 1.807) is 30.2 Å². The lowest BCUT2D eigenvalue weighted by atomic mass is 9.94. The van der Waals surface area contributed by atoms with Gasteiger partial charge in [0.05, 0.1) is 16.2 Å². The molecule has 19 heavy (non-hydrogen) atoms. The SMILES string of the molecule is COC1(C)CCCN(C(=O)c2cc(S)ccc2Cl)C1. The molecule has 0 radical (unpaired) electrons. The summed E-state index contributed by atoms with van der Waals surface area (Å²) in [4.78, 5) is 15.1. The fourth-order valence-corrected chi connectivity index (χ4v) is 2.80. The number of likely N-dealkylation sites (tertiary alicyclic amines) is 1. The number of nitrogens with zero attached hydrogens (tertiary/aromatic N) is 1. The number of halogens is 1. The van der Waals surface area contributed by atoms with Crippen molar-refractivity contribution in [3.63, 3.8) is 0 Å². The predicted octanol–water partition coefficient (Wildman–Crippen LogP) is 3.27. The Balaban J connectivity index is 2.22. The third-order valence-electron chi connectivity index (χ3n) is 3.62. The number of thiol groups is 1. The van der Waals surface area contributed by atoms with Gasteiger partial charge in [-0.05, 0) is 38.0 Å². The summed E-state index contributed by atoms with van der Waals surface area (Å²) in [7, 11) is 1.69. The Morgan fingerprint density at radius 3 is 2.95 bits per heavy atom. The Hall–Kier alpha value is -0.710. The van der Waals surface area contributed by atoms with E-state index < -0.39 is 0 Å². The number of piperidine rings is 1. The molecule has 1 aliphatic rings. The van der Waals surface area contributed by atoms with Crippen LogP contribution in [0.3, 0.4) is 0 Å². The van der Waals surface area contributed by atoms with Crippen LogP contribution < -0.4 is 0 Å². The van der Waals surface area contributed by atoms with E-state index in [-0.39, 0.29) is 11.5 Å². The second-order valence-corrected chi connectivity index (χ2v) is 6.07. The second-order valence-electron chi connectivity index (χ2n) is 5.15. The molecule has 1 aliphatic heterocycles. The first-order valence-corrected chi connectivity index (χ1v) is 7.11. The van der Waals surface area contributed by atoms with Crippen molar-refractivity contribution in [2.45, 2.75) is 30.3 Å². The van der Waals surface area contributed by atoms with Gasteiger partial charge in [-0.15, -0.1) is 12.6 Å². The maximum Gasteiger partial charge on any atom is 0.255 e. The molecule has 0 aromatic heterocycles. The monoisotopic (exact) mass is 299 g/mol. The number of hydrogen-bond donors (Lipinski definition) is 1. The fourth-order valence-electron chi connectivity index (χ4n) is 2.39. The fraction of sp³-hybridized carbons (Fsp3) is 0.500. The first-order valence-electron chi connectivity index (χ1n) is 6.28. The first-order chi connectivity index (χ1) is 8.95. The highest BCUT2D eigenvalue weighted by atomic mass is 35.5. The van der Waals surface area contributed by atoms with Gasteiger partial charge in [-0.1, -0.05) is 11.6 Å². The zero-order valence-corrected chi connectivity index (χ0v) is 12.8. The molecule has 1 saturated heterocycles. The zero-order valence-electron chi connectivity index (χ0n) is 11.1. The number of carbonyl (C=O) groups is 1. The average Bonchev–Trinajstić information content (AvgIpc) is 2.41. The van der Waals surface area contributed by atoms with Crippen LogP contribution in [-0.4, -0.2) is 36.6 Å². The lowest BCUT2D eigenvalue weighted by molar-refractivity contribution is -0.0440. The molecule has 0 spiro atoms. The van der Waals surface area contributed by atoms with Gasteiger partial charge in [-0.2, -0.15) is 0 Å². The highest BCUT2D eigenvalue weighted by Crippen LogP contribution is 2.27. The Morgan fingerprint density at radius 1 is 1.53 bits per heavy atom. The molecule has 0 aliphatic carbocycles. The van der Waals surface area contributed by atoms with Gasteiger partial charge in [0.2, 0.25) is 0 Å². The van der Waals surface area contributed by atoms with Gasteiger partial charge in [0.25, 0.3) is 5.91 Å². The van der Waals surface area contributed by atoms with Gasteiger partial charge in [0.1, 0.15) is 0 Å². The molecule has 2 rings (SSSR count). The predicted molar refractivity (Wildman–Crippen MR) is 79.3 cm³/mol. The molecule has 1 aromatic rings. The molecule has 0 saturated carbocycles. The van der Waals surface area contributed by atoms with E-state index >= 15 is 0 Å². The smallest absolute Gasteiger partial charge is 0.255 e. The third-order valence-corrected chi connectivity index (χ3v) is 4.23. The van der Waals surface area contributed by atoms with Crippen molar-refractivity contribution < 1.29 is 9.53 Å². The van der Waals surface area contributed by atoms with Crippen molar-refractivity contribution in [1.29, 1.82) is 0 Å². The molecule has 1 amide bonds. The zero-order chi connectivity index (χ0) is 14.0. The number of benzene rings is 1. The Morgan fingerprint density at radius 2 is 2.26 bits per heavy atom. The molecule has 104 valence electrons. The van der Waals surface area contributed by atoms with Crippen molar-refractivity contribution in [1.82, 2.24) is 4.90 Å². The topological polar surface area (TPSA) is 29.5 Å². The number of carbonyl (C=O) groups excluding carboxylic acids is 1. The molecule has 1 fully saturated rings. The molecular formula is C14H18ClNO2S. The summed E-state index contributed by atoms with van der Waals surface area (Å²) in [5, 5.41) is 0.465. The van der Waals surface area contributed by atoms with Gasteiger partial charge in [-0.3, -0.25) is 4.79 Å². The van der Waals surface area contributed by atoms with Crippen LogP contribution in [0.2, 0.25) is 5.02 Å². The first kappa shape index (κ1) is 14.7. The molecule has 0 N–H and O–H groups in total. The summed E-state index contributed by atoms with van der Waals surface area (Å²) in [6.45, 7) is 3.36. The largest absolute Gasteiger partial charge is 0.377 e. The van der Waals surface area contributed by atoms with Gasteiger partial charge in [0.15, 0.2) is 0 Å². The van der Waals surface area contributed by atoms with E-state index in [1.807, 2.05) is 6.92 Å². The minimum Gasteiger partial charge on any atom is -0.377 e. The lowest BCUT2D eigenvalue weighted by Crippen LogP contribution is -2.49. The summed E-state index contributed by atoms with van der Waals surface area (Å²) in [6, 6.07) is 5.20. The standard InChI is InChI=1S/C14H18ClNO2S/c1-14(18-2)6-3-7-16(9-14)13(17)11-8-10(19)4-5-12(11)15/h4-5,8,19H,3,6-7,9H2,1-2H3. The van der Waals surface area contributed by atoms with Gasteiger partial charge in [-0.25, -0.2) is 0 Å². The quantitative estimate of drug-likeness (QED) is 0.849. The van der Waals surface area contributed by atoms with Crippen LogP contribution in [0.15, 0.2) is 23.1 Å². The second kappa shape index (κ2) is 5.73. The molecule has 1 unspecified atom stereocenters. The van der Waals surface area contributed by atoms with Crippen LogP contribution in [-0.2, 0) is 4.74 Å². The van der Waals surface area contributed by atoms with E-state index in [0.29, 0.717) is 17.1 Å². The molecule has 5 heteroatoms. The third kappa shape index (κ3) is 3.25. The van der Waals surface area contributed by atoms with E-state index in [1.165, 1.54) is 0 Å². The summed E-state index contributed by atoms with van der Waals surface area (Å²) < 4.78 is 5.51. The van der Waals surface area contributed by atoms with Gasteiger partial charge >= 0.3 is 0 Å². The van der Waals surface area contributed by atoms with Crippen molar-refractivity contribution in [2.24, 2.45) is 0 Å². The number of methoxy groups -OCH3 is 1. The van der Waals surface area contributed by atoms with Gasteiger partial charge in [0, 0.05) is 25.1 Å². The summed E-state index contributed by atoms with van der Waals surface area (Å²) in [5.74, 6) is -0.0520. The van der Waals surface area contributed by atoms with E-state index in [9.17, 15) is 4.79 Å². The molecule has 1 heterocycles. The molecular weight excluding hydrogens is 282 g/mol. The van der Waals surface area contributed by atoms with E-state index in [4.69, 9.17) is 16.3 Å². The van der Waals surface area contributed by atoms with Crippen molar-refractivity contribution in [2.75, 3.05) is 20.2 Å². The van der Waals surface area contributed by atoms with Crippen molar-refractivity contribution >= 4 is 30.1 Å². The maximum absolute atomic E-state index is 12.5. The highest BCUT2D eigenvalue weighted by molar-refractivity contribution is 7.80. The number of rotatable bonds is 2.